The Morgan fingerprint density at radius 3 is 2.00 bits per heavy atom. The zero-order valence-corrected chi connectivity index (χ0v) is 18.6. The number of hydrogen-bond acceptors (Lipinski definition) is 4. The lowest BCUT2D eigenvalue weighted by atomic mass is 10.2. The molecule has 0 aliphatic heterocycles. The Balaban J connectivity index is 1.90. The maximum atomic E-state index is 12.8. The predicted octanol–water partition coefficient (Wildman–Crippen LogP) is 4.47. The third-order valence-corrected chi connectivity index (χ3v) is 7.44. The zero-order valence-electron chi connectivity index (χ0n) is 17.0. The van der Waals surface area contributed by atoms with Crippen molar-refractivity contribution in [1.29, 1.82) is 0 Å². The molecule has 0 unspecified atom stereocenters. The maximum Gasteiger partial charge on any atom is 0.261 e. The van der Waals surface area contributed by atoms with Crippen LogP contribution < -0.4 is 9.44 Å². The summed E-state index contributed by atoms with van der Waals surface area (Å²) in [6.45, 7) is 5.56. The monoisotopic (exact) mass is 444 g/mol. The Labute approximate surface area is 178 Å². The molecule has 6 nitrogen and oxygen atoms in total. The highest BCUT2D eigenvalue weighted by atomic mass is 32.2. The van der Waals surface area contributed by atoms with Crippen LogP contribution in [0.1, 0.15) is 23.6 Å². The predicted molar refractivity (Wildman–Crippen MR) is 120 cm³/mol. The van der Waals surface area contributed by atoms with E-state index in [0.717, 1.165) is 17.5 Å². The summed E-state index contributed by atoms with van der Waals surface area (Å²) in [5, 5.41) is 0. The van der Waals surface area contributed by atoms with Crippen molar-refractivity contribution in [2.45, 2.75) is 37.0 Å². The Morgan fingerprint density at radius 2 is 1.37 bits per heavy atom. The van der Waals surface area contributed by atoms with Crippen LogP contribution in [0.2, 0.25) is 0 Å². The largest absolute Gasteiger partial charge is 0.280 e. The molecular formula is C22H24N2O4S2. The summed E-state index contributed by atoms with van der Waals surface area (Å²) >= 11 is 0. The van der Waals surface area contributed by atoms with E-state index in [0.29, 0.717) is 11.3 Å². The first kappa shape index (κ1) is 21.9. The molecular weight excluding hydrogens is 420 g/mol. The van der Waals surface area contributed by atoms with E-state index < -0.39 is 20.0 Å². The number of benzene rings is 3. The molecule has 0 saturated heterocycles. The van der Waals surface area contributed by atoms with Gasteiger partial charge in [-0.15, -0.1) is 0 Å². The molecule has 0 aromatic heterocycles. The summed E-state index contributed by atoms with van der Waals surface area (Å²) in [6, 6.07) is 17.9. The van der Waals surface area contributed by atoms with Gasteiger partial charge in [0.25, 0.3) is 20.0 Å². The summed E-state index contributed by atoms with van der Waals surface area (Å²) in [6.07, 6.45) is 0.806. The maximum absolute atomic E-state index is 12.8. The highest BCUT2D eigenvalue weighted by Crippen LogP contribution is 2.25. The fourth-order valence-corrected chi connectivity index (χ4v) is 5.11. The molecule has 0 spiro atoms. The third kappa shape index (κ3) is 5.01. The molecule has 0 aliphatic carbocycles. The number of nitrogens with one attached hydrogen (secondary N) is 2. The topological polar surface area (TPSA) is 92.3 Å². The second kappa shape index (κ2) is 8.49. The van der Waals surface area contributed by atoms with Gasteiger partial charge in [-0.2, -0.15) is 0 Å². The van der Waals surface area contributed by atoms with Crippen molar-refractivity contribution in [2.24, 2.45) is 0 Å². The molecule has 0 radical (unpaired) electrons. The molecule has 3 rings (SSSR count). The van der Waals surface area contributed by atoms with E-state index in [1.165, 1.54) is 24.3 Å². The quantitative estimate of drug-likeness (QED) is 0.562. The first-order valence-electron chi connectivity index (χ1n) is 9.42. The van der Waals surface area contributed by atoms with E-state index in [1.54, 1.807) is 43.3 Å². The second-order valence-corrected chi connectivity index (χ2v) is 10.4. The van der Waals surface area contributed by atoms with E-state index in [-0.39, 0.29) is 15.5 Å². The van der Waals surface area contributed by atoms with Crippen molar-refractivity contribution in [3.8, 4) is 0 Å². The third-order valence-electron chi connectivity index (χ3n) is 4.68. The van der Waals surface area contributed by atoms with E-state index >= 15 is 0 Å². The number of rotatable bonds is 7. The molecule has 3 aromatic rings. The van der Waals surface area contributed by atoms with E-state index in [9.17, 15) is 16.8 Å². The molecule has 0 fully saturated rings. The minimum Gasteiger partial charge on any atom is -0.280 e. The van der Waals surface area contributed by atoms with Crippen molar-refractivity contribution in [2.75, 3.05) is 9.44 Å². The number of hydrogen-bond donors (Lipinski definition) is 2. The van der Waals surface area contributed by atoms with Crippen LogP contribution in [0.25, 0.3) is 0 Å². The fraction of sp³-hybridized carbons (Fsp3) is 0.182. The van der Waals surface area contributed by atoms with Crippen LogP contribution in [-0.4, -0.2) is 16.8 Å². The Morgan fingerprint density at radius 1 is 0.733 bits per heavy atom. The lowest BCUT2D eigenvalue weighted by Crippen LogP contribution is -2.16. The molecule has 30 heavy (non-hydrogen) atoms. The number of aryl methyl sites for hydroxylation is 3. The van der Waals surface area contributed by atoms with Gasteiger partial charge < -0.3 is 0 Å². The van der Waals surface area contributed by atoms with Gasteiger partial charge in [0.2, 0.25) is 0 Å². The van der Waals surface area contributed by atoms with Crippen molar-refractivity contribution in [3.63, 3.8) is 0 Å². The van der Waals surface area contributed by atoms with Crippen LogP contribution in [0.4, 0.5) is 11.4 Å². The van der Waals surface area contributed by atoms with Gasteiger partial charge >= 0.3 is 0 Å². The van der Waals surface area contributed by atoms with Gasteiger partial charge in [-0.1, -0.05) is 37.3 Å². The summed E-state index contributed by atoms with van der Waals surface area (Å²) in [4.78, 5) is 0.0823. The zero-order chi connectivity index (χ0) is 21.9. The van der Waals surface area contributed by atoms with Crippen molar-refractivity contribution < 1.29 is 16.8 Å². The van der Waals surface area contributed by atoms with Gasteiger partial charge in [0.15, 0.2) is 0 Å². The van der Waals surface area contributed by atoms with Crippen molar-refractivity contribution in [3.05, 3.63) is 83.4 Å². The second-order valence-electron chi connectivity index (χ2n) is 7.05. The minimum absolute atomic E-state index is 0.0337. The molecule has 0 amide bonds. The van der Waals surface area contributed by atoms with Crippen LogP contribution in [0, 0.1) is 13.8 Å². The molecule has 0 bridgehead atoms. The van der Waals surface area contributed by atoms with Gasteiger partial charge in [0, 0.05) is 5.69 Å². The molecule has 2 N–H and O–H groups in total. The minimum atomic E-state index is -3.88. The van der Waals surface area contributed by atoms with Crippen LogP contribution in [0.3, 0.4) is 0 Å². The fourth-order valence-electron chi connectivity index (χ4n) is 2.91. The van der Waals surface area contributed by atoms with Crippen molar-refractivity contribution >= 4 is 31.4 Å². The Hall–Kier alpha value is -2.84. The molecule has 0 heterocycles. The molecule has 3 aromatic carbocycles. The standard InChI is InChI=1S/C22H24N2O4S2/c1-4-18-9-12-20(13-10-18)29(25,26)24-22-15-21(11-8-17(22)3)30(27,28)23-19-7-5-6-16(2)14-19/h5-15,23-24H,4H2,1-3H3. The van der Waals surface area contributed by atoms with Crippen LogP contribution >= 0.6 is 0 Å². The molecule has 0 aliphatic rings. The van der Waals surface area contributed by atoms with Gasteiger partial charge in [-0.05, 0) is 73.4 Å². The first-order valence-corrected chi connectivity index (χ1v) is 12.4. The lowest BCUT2D eigenvalue weighted by Gasteiger charge is -2.14. The first-order chi connectivity index (χ1) is 14.1. The average molecular weight is 445 g/mol. The summed E-state index contributed by atoms with van der Waals surface area (Å²) in [5.74, 6) is 0. The van der Waals surface area contributed by atoms with E-state index in [4.69, 9.17) is 0 Å². The SMILES string of the molecule is CCc1ccc(S(=O)(=O)Nc2cc(S(=O)(=O)Nc3cccc(C)c3)ccc2C)cc1. The average Bonchev–Trinajstić information content (AvgIpc) is 2.69. The normalized spacial score (nSPS) is 11.8. The van der Waals surface area contributed by atoms with E-state index in [1.807, 2.05) is 19.9 Å². The van der Waals surface area contributed by atoms with Crippen molar-refractivity contribution in [1.82, 2.24) is 0 Å². The Kier molecular flexibility index (Phi) is 6.19. The highest BCUT2D eigenvalue weighted by Gasteiger charge is 2.19. The van der Waals surface area contributed by atoms with Crippen LogP contribution in [0.15, 0.2) is 76.5 Å². The van der Waals surface area contributed by atoms with Crippen LogP contribution in [0.5, 0.6) is 0 Å². The summed E-state index contributed by atoms with van der Waals surface area (Å²) < 4.78 is 56.2. The lowest BCUT2D eigenvalue weighted by molar-refractivity contribution is 0.598. The molecule has 8 heteroatoms. The van der Waals surface area contributed by atoms with Gasteiger partial charge in [0.1, 0.15) is 0 Å². The highest BCUT2D eigenvalue weighted by molar-refractivity contribution is 7.93. The van der Waals surface area contributed by atoms with E-state index in [2.05, 4.69) is 9.44 Å². The molecule has 0 atom stereocenters. The van der Waals surface area contributed by atoms with Crippen LogP contribution in [-0.2, 0) is 26.5 Å². The van der Waals surface area contributed by atoms with Gasteiger partial charge in [0.05, 0.1) is 15.5 Å². The smallest absolute Gasteiger partial charge is 0.261 e. The molecule has 158 valence electrons. The summed E-state index contributed by atoms with van der Waals surface area (Å²) in [7, 11) is -7.74. The number of sulfonamides is 2. The van der Waals surface area contributed by atoms with Gasteiger partial charge in [-0.3, -0.25) is 9.44 Å². The summed E-state index contributed by atoms with van der Waals surface area (Å²) in [5.41, 5.74) is 3.20. The Bertz CT molecular complexity index is 1270. The molecule has 0 saturated carbocycles. The van der Waals surface area contributed by atoms with Gasteiger partial charge in [-0.25, -0.2) is 16.8 Å². The number of anilines is 2.